The van der Waals surface area contributed by atoms with Crippen LogP contribution in [0.2, 0.25) is 0 Å². The summed E-state index contributed by atoms with van der Waals surface area (Å²) in [6.07, 6.45) is 14.7. The van der Waals surface area contributed by atoms with E-state index in [1.54, 1.807) is 0 Å². The lowest BCUT2D eigenvalue weighted by molar-refractivity contribution is 0.0676. The molecule has 0 bridgehead atoms. The van der Waals surface area contributed by atoms with Gasteiger partial charge in [-0.25, -0.2) is 0 Å². The molecular formula is C19H39N5O. The second-order valence-electron chi connectivity index (χ2n) is 6.84. The smallest absolute Gasteiger partial charge is 0.218 e. The topological polar surface area (TPSA) is 89.2 Å². The van der Waals surface area contributed by atoms with Crippen LogP contribution in [0, 0.1) is 0 Å². The molecule has 0 saturated carbocycles. The predicted octanol–water partition coefficient (Wildman–Crippen LogP) is 3.26. The summed E-state index contributed by atoms with van der Waals surface area (Å²) in [5, 5.41) is 0. The minimum absolute atomic E-state index is 0.288. The molecular weight excluding hydrogens is 314 g/mol. The second-order valence-corrected chi connectivity index (χ2v) is 6.84. The molecule has 1 fully saturated rings. The Morgan fingerprint density at radius 1 is 0.840 bits per heavy atom. The van der Waals surface area contributed by atoms with Crippen LogP contribution in [0.5, 0.6) is 0 Å². The van der Waals surface area contributed by atoms with Crippen LogP contribution in [0.25, 0.3) is 0 Å². The number of hydrogen-bond donors (Lipinski definition) is 2. The normalized spacial score (nSPS) is 16.4. The van der Waals surface area contributed by atoms with Crippen LogP contribution in [-0.2, 0) is 4.74 Å². The summed E-state index contributed by atoms with van der Waals surface area (Å²) >= 11 is 0. The van der Waals surface area contributed by atoms with E-state index in [0.29, 0.717) is 19.2 Å². The Labute approximate surface area is 154 Å². The predicted molar refractivity (Wildman–Crippen MR) is 107 cm³/mol. The van der Waals surface area contributed by atoms with Crippen molar-refractivity contribution in [1.82, 2.24) is 4.90 Å². The molecule has 1 aliphatic rings. The van der Waals surface area contributed by atoms with Crippen molar-refractivity contribution >= 4 is 11.9 Å². The lowest BCUT2D eigenvalue weighted by Gasteiger charge is -2.27. The molecule has 4 N–H and O–H groups in total. The molecule has 25 heavy (non-hydrogen) atoms. The Morgan fingerprint density at radius 3 is 1.92 bits per heavy atom. The quantitative estimate of drug-likeness (QED) is 0.320. The molecule has 6 heteroatoms. The van der Waals surface area contributed by atoms with E-state index < -0.39 is 0 Å². The van der Waals surface area contributed by atoms with Gasteiger partial charge >= 0.3 is 0 Å². The monoisotopic (exact) mass is 353 g/mol. The van der Waals surface area contributed by atoms with Crippen LogP contribution < -0.4 is 11.5 Å². The summed E-state index contributed by atoms with van der Waals surface area (Å²) in [4.78, 5) is 10.5. The molecule has 0 aromatic carbocycles. The van der Waals surface area contributed by atoms with Crippen molar-refractivity contribution in [1.29, 1.82) is 0 Å². The SMILES string of the molecule is CCCCCCCCCCCCCN=C(N)N=C(N)N1CCOCC1. The minimum Gasteiger partial charge on any atom is -0.378 e. The van der Waals surface area contributed by atoms with Gasteiger partial charge < -0.3 is 21.1 Å². The highest BCUT2D eigenvalue weighted by molar-refractivity contribution is 5.93. The Bertz CT molecular complexity index is 378. The number of unbranched alkanes of at least 4 members (excludes halogenated alkanes) is 10. The lowest BCUT2D eigenvalue weighted by atomic mass is 10.1. The van der Waals surface area contributed by atoms with Crippen LogP contribution in [0.4, 0.5) is 0 Å². The Hall–Kier alpha value is -1.30. The van der Waals surface area contributed by atoms with E-state index in [-0.39, 0.29) is 5.96 Å². The number of ether oxygens (including phenoxy) is 1. The first-order chi connectivity index (χ1) is 12.2. The molecule has 1 heterocycles. The van der Waals surface area contributed by atoms with Gasteiger partial charge in [0.2, 0.25) is 5.96 Å². The van der Waals surface area contributed by atoms with Crippen molar-refractivity contribution in [2.24, 2.45) is 21.5 Å². The lowest BCUT2D eigenvalue weighted by Crippen LogP contribution is -2.45. The van der Waals surface area contributed by atoms with Gasteiger partial charge in [-0.1, -0.05) is 71.1 Å². The van der Waals surface area contributed by atoms with E-state index in [2.05, 4.69) is 16.9 Å². The molecule has 0 aromatic rings. The van der Waals surface area contributed by atoms with Gasteiger partial charge in [-0.3, -0.25) is 4.99 Å². The first-order valence-corrected chi connectivity index (χ1v) is 10.2. The summed E-state index contributed by atoms with van der Waals surface area (Å²) in [5.41, 5.74) is 11.8. The first kappa shape index (κ1) is 21.7. The average Bonchev–Trinajstić information content (AvgIpc) is 2.63. The number of hydrogen-bond acceptors (Lipinski definition) is 2. The van der Waals surface area contributed by atoms with Gasteiger partial charge in [0.15, 0.2) is 5.96 Å². The summed E-state index contributed by atoms with van der Waals surface area (Å²) in [6, 6.07) is 0. The first-order valence-electron chi connectivity index (χ1n) is 10.2. The van der Waals surface area contributed by atoms with Crippen LogP contribution in [0.15, 0.2) is 9.98 Å². The average molecular weight is 354 g/mol. The van der Waals surface area contributed by atoms with Crippen molar-refractivity contribution in [3.63, 3.8) is 0 Å². The maximum Gasteiger partial charge on any atom is 0.218 e. The molecule has 0 amide bonds. The molecule has 0 radical (unpaired) electrons. The van der Waals surface area contributed by atoms with Gasteiger partial charge in [-0.2, -0.15) is 4.99 Å². The minimum atomic E-state index is 0.288. The fraction of sp³-hybridized carbons (Fsp3) is 0.895. The van der Waals surface area contributed by atoms with Crippen molar-refractivity contribution in [3.05, 3.63) is 0 Å². The van der Waals surface area contributed by atoms with Gasteiger partial charge in [0.1, 0.15) is 0 Å². The number of morpholine rings is 1. The van der Waals surface area contributed by atoms with Crippen molar-refractivity contribution in [2.45, 2.75) is 77.6 Å². The summed E-state index contributed by atoms with van der Waals surface area (Å²) in [5.74, 6) is 0.736. The molecule has 0 aromatic heterocycles. The highest BCUT2D eigenvalue weighted by Crippen LogP contribution is 2.11. The second kappa shape index (κ2) is 15.0. The Balaban J connectivity index is 1.97. The zero-order chi connectivity index (χ0) is 18.2. The number of aliphatic imine (C=N–C) groups is 2. The van der Waals surface area contributed by atoms with E-state index in [0.717, 1.165) is 26.1 Å². The molecule has 1 saturated heterocycles. The van der Waals surface area contributed by atoms with E-state index >= 15 is 0 Å². The highest BCUT2D eigenvalue weighted by atomic mass is 16.5. The molecule has 1 rings (SSSR count). The third kappa shape index (κ3) is 11.8. The number of nitrogens with zero attached hydrogens (tertiary/aromatic N) is 3. The maximum absolute atomic E-state index is 5.95. The van der Waals surface area contributed by atoms with Crippen LogP contribution in [-0.4, -0.2) is 49.7 Å². The van der Waals surface area contributed by atoms with E-state index in [1.807, 2.05) is 4.90 Å². The summed E-state index contributed by atoms with van der Waals surface area (Å²) in [6.45, 7) is 5.91. The van der Waals surface area contributed by atoms with E-state index in [1.165, 1.54) is 64.2 Å². The van der Waals surface area contributed by atoms with Crippen LogP contribution >= 0.6 is 0 Å². The Morgan fingerprint density at radius 2 is 1.36 bits per heavy atom. The maximum atomic E-state index is 5.95. The number of nitrogens with two attached hydrogens (primary N) is 2. The number of guanidine groups is 2. The van der Waals surface area contributed by atoms with Gasteiger partial charge in [0.05, 0.1) is 13.2 Å². The molecule has 0 atom stereocenters. The van der Waals surface area contributed by atoms with Crippen molar-refractivity contribution < 1.29 is 4.74 Å². The third-order valence-corrected chi connectivity index (χ3v) is 4.60. The molecule has 0 unspecified atom stereocenters. The van der Waals surface area contributed by atoms with Gasteiger partial charge in [0.25, 0.3) is 0 Å². The zero-order valence-electron chi connectivity index (χ0n) is 16.2. The zero-order valence-corrected chi connectivity index (χ0v) is 16.2. The highest BCUT2D eigenvalue weighted by Gasteiger charge is 2.12. The standard InChI is InChI=1S/C19H39N5O/c1-2-3-4-5-6-7-8-9-10-11-12-13-22-18(20)23-19(21)24-14-16-25-17-15-24/h2-17H2,1H3,(H4,20,21,22,23). The molecule has 0 aliphatic carbocycles. The van der Waals surface area contributed by atoms with Crippen LogP contribution in [0.3, 0.4) is 0 Å². The summed E-state index contributed by atoms with van der Waals surface area (Å²) < 4.78 is 5.29. The van der Waals surface area contributed by atoms with Gasteiger partial charge in [-0.05, 0) is 6.42 Å². The third-order valence-electron chi connectivity index (χ3n) is 4.60. The fourth-order valence-corrected chi connectivity index (χ4v) is 2.99. The summed E-state index contributed by atoms with van der Waals surface area (Å²) in [7, 11) is 0. The van der Waals surface area contributed by atoms with Gasteiger partial charge in [0, 0.05) is 19.6 Å². The largest absolute Gasteiger partial charge is 0.378 e. The van der Waals surface area contributed by atoms with E-state index in [4.69, 9.17) is 16.2 Å². The fourth-order valence-electron chi connectivity index (χ4n) is 2.99. The molecule has 0 spiro atoms. The van der Waals surface area contributed by atoms with Crippen LogP contribution in [0.1, 0.15) is 77.6 Å². The van der Waals surface area contributed by atoms with Crippen molar-refractivity contribution in [3.8, 4) is 0 Å². The number of rotatable bonds is 12. The van der Waals surface area contributed by atoms with Gasteiger partial charge in [-0.15, -0.1) is 0 Å². The molecule has 6 nitrogen and oxygen atoms in total. The molecule has 146 valence electrons. The van der Waals surface area contributed by atoms with Crippen molar-refractivity contribution in [2.75, 3.05) is 32.8 Å². The Kier molecular flexibility index (Phi) is 13.0. The molecule has 1 aliphatic heterocycles. The van der Waals surface area contributed by atoms with E-state index in [9.17, 15) is 0 Å².